The molecular formula is C11H17NO. The number of anilines is 1. The van der Waals surface area contributed by atoms with Crippen LogP contribution >= 0.6 is 0 Å². The van der Waals surface area contributed by atoms with Gasteiger partial charge in [-0.1, -0.05) is 12.1 Å². The van der Waals surface area contributed by atoms with E-state index in [0.29, 0.717) is 0 Å². The average molecular weight is 179 g/mol. The van der Waals surface area contributed by atoms with Crippen molar-refractivity contribution >= 4 is 5.69 Å². The molecule has 0 aromatic heterocycles. The predicted octanol–water partition coefficient (Wildman–Crippen LogP) is 2.67. The number of benzene rings is 1. The molecule has 0 saturated heterocycles. The van der Waals surface area contributed by atoms with E-state index in [4.69, 9.17) is 10.5 Å². The molecule has 72 valence electrons. The van der Waals surface area contributed by atoms with Crippen molar-refractivity contribution in [2.45, 2.75) is 26.9 Å². The van der Waals surface area contributed by atoms with Crippen molar-refractivity contribution in [3.05, 3.63) is 29.3 Å². The number of aryl methyl sites for hydroxylation is 1. The van der Waals surface area contributed by atoms with Gasteiger partial charge in [0.25, 0.3) is 0 Å². The van der Waals surface area contributed by atoms with Crippen molar-refractivity contribution in [1.82, 2.24) is 0 Å². The van der Waals surface area contributed by atoms with E-state index in [-0.39, 0.29) is 6.10 Å². The van der Waals surface area contributed by atoms with Gasteiger partial charge in [0.1, 0.15) is 0 Å². The highest BCUT2D eigenvalue weighted by molar-refractivity contribution is 5.48. The molecule has 0 unspecified atom stereocenters. The zero-order valence-electron chi connectivity index (χ0n) is 8.50. The van der Waals surface area contributed by atoms with E-state index >= 15 is 0 Å². The quantitative estimate of drug-likeness (QED) is 0.724. The van der Waals surface area contributed by atoms with Crippen LogP contribution < -0.4 is 5.73 Å². The van der Waals surface area contributed by atoms with Crippen LogP contribution in [0.2, 0.25) is 0 Å². The molecule has 0 heterocycles. The van der Waals surface area contributed by atoms with Gasteiger partial charge in [0, 0.05) is 12.3 Å². The third kappa shape index (κ3) is 2.46. The number of hydrogen-bond donors (Lipinski definition) is 1. The molecular weight excluding hydrogens is 162 g/mol. The zero-order chi connectivity index (χ0) is 9.84. The zero-order valence-corrected chi connectivity index (χ0v) is 8.50. The third-order valence-corrected chi connectivity index (χ3v) is 2.19. The summed E-state index contributed by atoms with van der Waals surface area (Å²) >= 11 is 0. The molecule has 0 spiro atoms. The lowest BCUT2D eigenvalue weighted by Gasteiger charge is -2.13. The van der Waals surface area contributed by atoms with Gasteiger partial charge in [0.15, 0.2) is 0 Å². The van der Waals surface area contributed by atoms with Gasteiger partial charge in [0.2, 0.25) is 0 Å². The molecule has 1 rings (SSSR count). The summed E-state index contributed by atoms with van der Waals surface area (Å²) in [7, 11) is 0. The van der Waals surface area contributed by atoms with Gasteiger partial charge in [-0.25, -0.2) is 0 Å². The molecule has 0 saturated carbocycles. The Hall–Kier alpha value is -1.02. The first-order valence-corrected chi connectivity index (χ1v) is 4.62. The summed E-state index contributed by atoms with van der Waals surface area (Å²) < 4.78 is 5.47. The average Bonchev–Trinajstić information content (AvgIpc) is 2.10. The van der Waals surface area contributed by atoms with Crippen LogP contribution in [0.15, 0.2) is 18.2 Å². The molecule has 0 aliphatic rings. The van der Waals surface area contributed by atoms with Gasteiger partial charge in [-0.2, -0.15) is 0 Å². The van der Waals surface area contributed by atoms with Gasteiger partial charge < -0.3 is 10.5 Å². The predicted molar refractivity (Wildman–Crippen MR) is 55.6 cm³/mol. The fourth-order valence-electron chi connectivity index (χ4n) is 1.26. The van der Waals surface area contributed by atoms with Gasteiger partial charge in [0.05, 0.1) is 6.10 Å². The number of rotatable bonds is 3. The maximum atomic E-state index is 5.80. The summed E-state index contributed by atoms with van der Waals surface area (Å²) in [6.45, 7) is 6.76. The largest absolute Gasteiger partial charge is 0.399 e. The minimum atomic E-state index is 0.132. The maximum Gasteiger partial charge on any atom is 0.0797 e. The molecule has 0 fully saturated rings. The minimum Gasteiger partial charge on any atom is -0.399 e. The van der Waals surface area contributed by atoms with Crippen LogP contribution in [-0.2, 0) is 4.74 Å². The molecule has 1 atom stereocenters. The van der Waals surface area contributed by atoms with Crippen molar-refractivity contribution in [2.24, 2.45) is 0 Å². The van der Waals surface area contributed by atoms with Crippen molar-refractivity contribution < 1.29 is 4.74 Å². The number of hydrogen-bond acceptors (Lipinski definition) is 2. The SMILES string of the molecule is CCO[C@H](C)c1ccc(C)c(N)c1. The Labute approximate surface area is 79.7 Å². The molecule has 0 amide bonds. The fourth-order valence-corrected chi connectivity index (χ4v) is 1.26. The molecule has 1 aromatic rings. The molecule has 1 aromatic carbocycles. The summed E-state index contributed by atoms with van der Waals surface area (Å²) in [6.07, 6.45) is 0.132. The lowest BCUT2D eigenvalue weighted by molar-refractivity contribution is 0.0764. The Kier molecular flexibility index (Phi) is 3.32. The Balaban J connectivity index is 2.84. The Morgan fingerprint density at radius 1 is 1.46 bits per heavy atom. The second-order valence-corrected chi connectivity index (χ2v) is 3.21. The summed E-state index contributed by atoms with van der Waals surface area (Å²) in [5, 5.41) is 0. The Bertz CT molecular complexity index is 283. The normalized spacial score (nSPS) is 12.8. The molecule has 0 aliphatic carbocycles. The van der Waals surface area contributed by atoms with Crippen LogP contribution in [0.3, 0.4) is 0 Å². The molecule has 0 bridgehead atoms. The van der Waals surface area contributed by atoms with Crippen molar-refractivity contribution in [3.8, 4) is 0 Å². The van der Waals surface area contributed by atoms with Crippen LogP contribution in [0.1, 0.15) is 31.1 Å². The number of nitrogen functional groups attached to an aromatic ring is 1. The van der Waals surface area contributed by atoms with Crippen LogP contribution in [0.4, 0.5) is 5.69 Å². The lowest BCUT2D eigenvalue weighted by Crippen LogP contribution is -2.01. The minimum absolute atomic E-state index is 0.132. The second-order valence-electron chi connectivity index (χ2n) is 3.21. The van der Waals surface area contributed by atoms with Gasteiger partial charge in [-0.3, -0.25) is 0 Å². The van der Waals surface area contributed by atoms with Gasteiger partial charge in [-0.15, -0.1) is 0 Å². The number of ether oxygens (including phenoxy) is 1. The van der Waals surface area contributed by atoms with Crippen LogP contribution in [0.25, 0.3) is 0 Å². The summed E-state index contributed by atoms with van der Waals surface area (Å²) in [6, 6.07) is 6.07. The third-order valence-electron chi connectivity index (χ3n) is 2.19. The first-order chi connectivity index (χ1) is 6.15. The molecule has 0 aliphatic heterocycles. The summed E-state index contributed by atoms with van der Waals surface area (Å²) in [4.78, 5) is 0. The molecule has 13 heavy (non-hydrogen) atoms. The van der Waals surface area contributed by atoms with Gasteiger partial charge >= 0.3 is 0 Å². The van der Waals surface area contributed by atoms with E-state index in [1.54, 1.807) is 0 Å². The van der Waals surface area contributed by atoms with Gasteiger partial charge in [-0.05, 0) is 38.0 Å². The van der Waals surface area contributed by atoms with E-state index in [0.717, 1.165) is 23.4 Å². The Morgan fingerprint density at radius 2 is 2.15 bits per heavy atom. The Morgan fingerprint density at radius 3 is 2.69 bits per heavy atom. The van der Waals surface area contributed by atoms with E-state index in [9.17, 15) is 0 Å². The smallest absolute Gasteiger partial charge is 0.0797 e. The van der Waals surface area contributed by atoms with Crippen LogP contribution in [0.5, 0.6) is 0 Å². The van der Waals surface area contributed by atoms with Crippen LogP contribution in [0, 0.1) is 6.92 Å². The monoisotopic (exact) mass is 179 g/mol. The number of nitrogens with two attached hydrogens (primary N) is 1. The van der Waals surface area contributed by atoms with Crippen molar-refractivity contribution in [2.75, 3.05) is 12.3 Å². The molecule has 2 nitrogen and oxygen atoms in total. The first kappa shape index (κ1) is 10.1. The highest BCUT2D eigenvalue weighted by atomic mass is 16.5. The van der Waals surface area contributed by atoms with Crippen LogP contribution in [-0.4, -0.2) is 6.61 Å². The second kappa shape index (κ2) is 4.28. The van der Waals surface area contributed by atoms with E-state index in [1.807, 2.05) is 32.9 Å². The fraction of sp³-hybridized carbons (Fsp3) is 0.455. The molecule has 2 heteroatoms. The van der Waals surface area contributed by atoms with E-state index in [1.165, 1.54) is 0 Å². The highest BCUT2D eigenvalue weighted by Gasteiger charge is 2.05. The first-order valence-electron chi connectivity index (χ1n) is 4.62. The highest BCUT2D eigenvalue weighted by Crippen LogP contribution is 2.21. The van der Waals surface area contributed by atoms with Crippen molar-refractivity contribution in [3.63, 3.8) is 0 Å². The standard InChI is InChI=1S/C11H17NO/c1-4-13-9(3)10-6-5-8(2)11(12)7-10/h5-7,9H,4,12H2,1-3H3/t9-/m1/s1. The topological polar surface area (TPSA) is 35.2 Å². The maximum absolute atomic E-state index is 5.80. The molecule has 0 radical (unpaired) electrons. The summed E-state index contributed by atoms with van der Waals surface area (Å²) in [5.41, 5.74) is 8.90. The molecule has 2 N–H and O–H groups in total. The van der Waals surface area contributed by atoms with Crippen molar-refractivity contribution in [1.29, 1.82) is 0 Å². The van der Waals surface area contributed by atoms with E-state index < -0.39 is 0 Å². The van der Waals surface area contributed by atoms with E-state index in [2.05, 4.69) is 6.07 Å². The lowest BCUT2D eigenvalue weighted by atomic mass is 10.1. The summed E-state index contributed by atoms with van der Waals surface area (Å²) in [5.74, 6) is 0.